The van der Waals surface area contributed by atoms with E-state index in [1.54, 1.807) is 11.3 Å². The Morgan fingerprint density at radius 3 is 2.91 bits per heavy atom. The molecule has 2 aliphatic rings. The molecule has 0 saturated carbocycles. The Morgan fingerprint density at radius 1 is 1.41 bits per heavy atom. The largest absolute Gasteiger partial charge is 0.396 e. The standard InChI is InChI=1S/C17H26N2O2S/c20-13-14-12-18-8-5-17(14)6-9-19(10-7-17)16(21)4-3-15-2-1-11-22-15/h1-2,11,14,18,20H,3-10,12-13H2/t14-/m1/s1. The van der Waals surface area contributed by atoms with E-state index in [4.69, 9.17) is 0 Å². The highest BCUT2D eigenvalue weighted by Gasteiger charge is 2.43. The first-order valence-corrected chi connectivity index (χ1v) is 9.23. The number of likely N-dealkylation sites (tertiary alicyclic amines) is 1. The van der Waals surface area contributed by atoms with Gasteiger partial charge in [-0.3, -0.25) is 4.79 Å². The van der Waals surface area contributed by atoms with Crippen molar-refractivity contribution in [2.45, 2.75) is 32.1 Å². The summed E-state index contributed by atoms with van der Waals surface area (Å²) in [7, 11) is 0. The summed E-state index contributed by atoms with van der Waals surface area (Å²) >= 11 is 1.73. The van der Waals surface area contributed by atoms with Gasteiger partial charge in [-0.15, -0.1) is 11.3 Å². The van der Waals surface area contributed by atoms with Gasteiger partial charge >= 0.3 is 0 Å². The zero-order chi connectivity index (χ0) is 15.4. The molecule has 2 N–H and O–H groups in total. The molecule has 0 radical (unpaired) electrons. The van der Waals surface area contributed by atoms with Crippen molar-refractivity contribution in [2.75, 3.05) is 32.8 Å². The van der Waals surface area contributed by atoms with Gasteiger partial charge in [-0.2, -0.15) is 0 Å². The van der Waals surface area contributed by atoms with Crippen molar-refractivity contribution in [1.82, 2.24) is 10.2 Å². The number of amides is 1. The molecular weight excluding hydrogens is 296 g/mol. The molecule has 1 aromatic heterocycles. The maximum Gasteiger partial charge on any atom is 0.222 e. The minimum atomic E-state index is 0.254. The van der Waals surface area contributed by atoms with Gasteiger partial charge in [0.05, 0.1) is 0 Å². The fraction of sp³-hybridized carbons (Fsp3) is 0.706. The molecule has 3 rings (SSSR count). The highest BCUT2D eigenvalue weighted by molar-refractivity contribution is 7.09. The van der Waals surface area contributed by atoms with Crippen LogP contribution < -0.4 is 5.32 Å². The minimum absolute atomic E-state index is 0.254. The van der Waals surface area contributed by atoms with Crippen molar-refractivity contribution in [3.63, 3.8) is 0 Å². The Labute approximate surface area is 136 Å². The first-order valence-electron chi connectivity index (χ1n) is 8.35. The van der Waals surface area contributed by atoms with Gasteiger partial charge in [-0.1, -0.05) is 6.07 Å². The van der Waals surface area contributed by atoms with Crippen LogP contribution in [0.4, 0.5) is 0 Å². The summed E-state index contributed by atoms with van der Waals surface area (Å²) in [6.45, 7) is 3.95. The van der Waals surface area contributed by atoms with E-state index in [2.05, 4.69) is 16.8 Å². The van der Waals surface area contributed by atoms with Crippen molar-refractivity contribution in [1.29, 1.82) is 0 Å². The second kappa shape index (κ2) is 7.11. The average Bonchev–Trinajstić information content (AvgIpc) is 3.07. The number of rotatable bonds is 4. The lowest BCUT2D eigenvalue weighted by molar-refractivity contribution is -0.134. The topological polar surface area (TPSA) is 52.6 Å². The second-order valence-electron chi connectivity index (χ2n) is 6.66. The number of carbonyl (C=O) groups excluding carboxylic acids is 1. The molecule has 2 saturated heterocycles. The summed E-state index contributed by atoms with van der Waals surface area (Å²) in [5, 5.41) is 15.1. The fourth-order valence-electron chi connectivity index (χ4n) is 4.00. The zero-order valence-corrected chi connectivity index (χ0v) is 13.9. The lowest BCUT2D eigenvalue weighted by Crippen LogP contribution is -2.53. The third kappa shape index (κ3) is 3.36. The predicted octanol–water partition coefficient (Wildman–Crippen LogP) is 1.89. The van der Waals surface area contributed by atoms with Crippen molar-refractivity contribution < 1.29 is 9.90 Å². The van der Waals surface area contributed by atoms with E-state index in [9.17, 15) is 9.90 Å². The summed E-state index contributed by atoms with van der Waals surface area (Å²) in [5.41, 5.74) is 0.254. The molecule has 0 aromatic carbocycles. The van der Waals surface area contributed by atoms with E-state index in [0.29, 0.717) is 12.3 Å². The summed E-state index contributed by atoms with van der Waals surface area (Å²) in [6, 6.07) is 4.14. The molecule has 122 valence electrons. The third-order valence-corrected chi connectivity index (χ3v) is 6.49. The van der Waals surface area contributed by atoms with Crippen LogP contribution in [0.2, 0.25) is 0 Å². The minimum Gasteiger partial charge on any atom is -0.396 e. The highest BCUT2D eigenvalue weighted by Crippen LogP contribution is 2.43. The molecule has 1 amide bonds. The number of aliphatic hydroxyl groups excluding tert-OH is 1. The highest BCUT2D eigenvalue weighted by atomic mass is 32.1. The van der Waals surface area contributed by atoms with Crippen molar-refractivity contribution in [3.8, 4) is 0 Å². The molecule has 0 aliphatic carbocycles. The molecular formula is C17H26N2O2S. The maximum absolute atomic E-state index is 12.4. The molecule has 1 spiro atoms. The van der Waals surface area contributed by atoms with Crippen LogP contribution in [0.25, 0.3) is 0 Å². The third-order valence-electron chi connectivity index (χ3n) is 5.55. The smallest absolute Gasteiger partial charge is 0.222 e. The van der Waals surface area contributed by atoms with Crippen LogP contribution in [0.1, 0.15) is 30.6 Å². The molecule has 0 bridgehead atoms. The molecule has 1 aromatic rings. The Morgan fingerprint density at radius 2 is 2.23 bits per heavy atom. The van der Waals surface area contributed by atoms with Gasteiger partial charge in [0, 0.05) is 43.5 Å². The number of hydrogen-bond donors (Lipinski definition) is 2. The Hall–Kier alpha value is -0.910. The summed E-state index contributed by atoms with van der Waals surface area (Å²) in [4.78, 5) is 15.7. The number of aliphatic hydroxyl groups is 1. The van der Waals surface area contributed by atoms with Crippen molar-refractivity contribution >= 4 is 17.2 Å². The van der Waals surface area contributed by atoms with Crippen LogP contribution in [-0.2, 0) is 11.2 Å². The van der Waals surface area contributed by atoms with Gasteiger partial charge in [0.15, 0.2) is 0 Å². The monoisotopic (exact) mass is 322 g/mol. The molecule has 2 aliphatic heterocycles. The van der Waals surface area contributed by atoms with Crippen LogP contribution in [0, 0.1) is 11.3 Å². The van der Waals surface area contributed by atoms with Crippen molar-refractivity contribution in [2.24, 2.45) is 11.3 Å². The van der Waals surface area contributed by atoms with Crippen molar-refractivity contribution in [3.05, 3.63) is 22.4 Å². The fourth-order valence-corrected chi connectivity index (χ4v) is 4.70. The molecule has 1 atom stereocenters. The Balaban J connectivity index is 1.51. The van der Waals surface area contributed by atoms with Gasteiger partial charge in [0.25, 0.3) is 0 Å². The normalized spacial score (nSPS) is 24.6. The van der Waals surface area contributed by atoms with E-state index < -0.39 is 0 Å². The van der Waals surface area contributed by atoms with Crippen LogP contribution in [-0.4, -0.2) is 48.7 Å². The number of thiophene rings is 1. The van der Waals surface area contributed by atoms with Crippen LogP contribution in [0.5, 0.6) is 0 Å². The van der Waals surface area contributed by atoms with Crippen LogP contribution in [0.3, 0.4) is 0 Å². The van der Waals surface area contributed by atoms with Crippen LogP contribution >= 0.6 is 11.3 Å². The lowest BCUT2D eigenvalue weighted by Gasteiger charge is -2.49. The van der Waals surface area contributed by atoms with E-state index in [1.807, 2.05) is 11.0 Å². The first-order chi connectivity index (χ1) is 10.7. The van der Waals surface area contributed by atoms with E-state index in [1.165, 1.54) is 4.88 Å². The molecule has 5 heteroatoms. The number of nitrogens with one attached hydrogen (secondary N) is 1. The summed E-state index contributed by atoms with van der Waals surface area (Å²) in [5.74, 6) is 0.641. The van der Waals surface area contributed by atoms with Crippen LogP contribution in [0.15, 0.2) is 17.5 Å². The number of carbonyl (C=O) groups is 1. The van der Waals surface area contributed by atoms with E-state index >= 15 is 0 Å². The van der Waals surface area contributed by atoms with Gasteiger partial charge in [0.2, 0.25) is 5.91 Å². The Bertz CT molecular complexity index is 481. The molecule has 0 unspecified atom stereocenters. The zero-order valence-electron chi connectivity index (χ0n) is 13.1. The summed E-state index contributed by atoms with van der Waals surface area (Å²) < 4.78 is 0. The number of piperidine rings is 2. The van der Waals surface area contributed by atoms with E-state index in [0.717, 1.165) is 51.9 Å². The number of hydrogen-bond acceptors (Lipinski definition) is 4. The summed E-state index contributed by atoms with van der Waals surface area (Å²) in [6.07, 6.45) is 4.71. The first kappa shape index (κ1) is 16.0. The second-order valence-corrected chi connectivity index (χ2v) is 7.69. The lowest BCUT2D eigenvalue weighted by atomic mass is 9.65. The average molecular weight is 322 g/mol. The molecule has 2 fully saturated rings. The molecule has 3 heterocycles. The maximum atomic E-state index is 12.4. The van der Waals surface area contributed by atoms with Gasteiger partial charge in [0.1, 0.15) is 0 Å². The van der Waals surface area contributed by atoms with Gasteiger partial charge < -0.3 is 15.3 Å². The SMILES string of the molecule is O=C(CCc1cccs1)N1CCC2(CCNC[C@@H]2CO)CC1. The number of aryl methyl sites for hydroxylation is 1. The molecule has 22 heavy (non-hydrogen) atoms. The quantitative estimate of drug-likeness (QED) is 0.890. The number of nitrogens with zero attached hydrogens (tertiary/aromatic N) is 1. The predicted molar refractivity (Wildman–Crippen MR) is 88.9 cm³/mol. The van der Waals surface area contributed by atoms with Gasteiger partial charge in [-0.25, -0.2) is 0 Å². The van der Waals surface area contributed by atoms with Gasteiger partial charge in [-0.05, 0) is 49.1 Å². The Kier molecular flexibility index (Phi) is 5.16. The molecule has 4 nitrogen and oxygen atoms in total. The van der Waals surface area contributed by atoms with E-state index in [-0.39, 0.29) is 17.9 Å².